The Morgan fingerprint density at radius 2 is 1.86 bits per heavy atom. The van der Waals surface area contributed by atoms with Gasteiger partial charge in [0.25, 0.3) is 0 Å². The standard InChI is InChI=1S/C21H14FN3O3/c1-13(26)25-12-16(19(24-25)14-6-3-2-4-7-14)11-18-21(27)28-20(23-18)15-8-5-9-17(22)10-15/h2-12H,1H3/b18-11-. The lowest BCUT2D eigenvalue weighted by atomic mass is 10.1. The van der Waals surface area contributed by atoms with Crippen LogP contribution in [0, 0.1) is 5.82 Å². The van der Waals surface area contributed by atoms with Crippen molar-refractivity contribution in [3.8, 4) is 11.3 Å². The molecule has 2 heterocycles. The van der Waals surface area contributed by atoms with Crippen molar-refractivity contribution in [2.75, 3.05) is 0 Å². The molecule has 0 unspecified atom stereocenters. The van der Waals surface area contributed by atoms with Gasteiger partial charge in [-0.1, -0.05) is 36.4 Å². The van der Waals surface area contributed by atoms with Gasteiger partial charge in [0.2, 0.25) is 11.8 Å². The maximum atomic E-state index is 13.4. The molecule has 0 spiro atoms. The lowest BCUT2D eigenvalue weighted by Crippen LogP contribution is -2.05. The monoisotopic (exact) mass is 375 g/mol. The number of cyclic esters (lactones) is 1. The molecule has 0 N–H and O–H groups in total. The molecule has 2 aromatic carbocycles. The van der Waals surface area contributed by atoms with Gasteiger partial charge in [-0.05, 0) is 24.3 Å². The van der Waals surface area contributed by atoms with E-state index in [0.717, 1.165) is 5.56 Å². The Balaban J connectivity index is 1.78. The number of rotatable bonds is 3. The Morgan fingerprint density at radius 1 is 1.11 bits per heavy atom. The molecule has 3 aromatic rings. The highest BCUT2D eigenvalue weighted by Crippen LogP contribution is 2.26. The number of carbonyl (C=O) groups excluding carboxylic acids is 2. The van der Waals surface area contributed by atoms with Crippen molar-refractivity contribution < 1.29 is 18.7 Å². The Hall–Kier alpha value is -3.87. The summed E-state index contributed by atoms with van der Waals surface area (Å²) in [4.78, 5) is 28.2. The first kappa shape index (κ1) is 17.5. The summed E-state index contributed by atoms with van der Waals surface area (Å²) in [6, 6.07) is 14.9. The first-order chi connectivity index (χ1) is 13.5. The number of halogens is 1. The maximum absolute atomic E-state index is 13.4. The molecule has 28 heavy (non-hydrogen) atoms. The number of carbonyl (C=O) groups is 2. The quantitative estimate of drug-likeness (QED) is 0.517. The van der Waals surface area contributed by atoms with E-state index in [1.54, 1.807) is 6.07 Å². The molecule has 4 rings (SSSR count). The van der Waals surface area contributed by atoms with Crippen LogP contribution >= 0.6 is 0 Å². The normalized spacial score (nSPS) is 14.9. The number of aliphatic imine (C=N–C) groups is 1. The van der Waals surface area contributed by atoms with E-state index in [0.29, 0.717) is 16.8 Å². The van der Waals surface area contributed by atoms with Gasteiger partial charge in [0.05, 0.1) is 0 Å². The van der Waals surface area contributed by atoms with Crippen molar-refractivity contribution in [1.29, 1.82) is 0 Å². The van der Waals surface area contributed by atoms with Gasteiger partial charge in [-0.15, -0.1) is 0 Å². The molecular weight excluding hydrogens is 361 g/mol. The Morgan fingerprint density at radius 3 is 2.57 bits per heavy atom. The average Bonchev–Trinajstić information content (AvgIpc) is 3.27. The molecule has 0 atom stereocenters. The second-order valence-electron chi connectivity index (χ2n) is 6.11. The van der Waals surface area contributed by atoms with E-state index in [-0.39, 0.29) is 17.5 Å². The molecule has 0 amide bonds. The highest BCUT2D eigenvalue weighted by Gasteiger charge is 2.25. The van der Waals surface area contributed by atoms with Crippen LogP contribution in [0.1, 0.15) is 22.8 Å². The van der Waals surface area contributed by atoms with E-state index in [1.807, 2.05) is 30.3 Å². The molecule has 7 heteroatoms. The zero-order valence-corrected chi connectivity index (χ0v) is 14.8. The fraction of sp³-hybridized carbons (Fsp3) is 0.0476. The highest BCUT2D eigenvalue weighted by atomic mass is 19.1. The van der Waals surface area contributed by atoms with E-state index in [1.165, 1.54) is 42.1 Å². The van der Waals surface area contributed by atoms with Crippen LogP contribution in [-0.4, -0.2) is 27.6 Å². The average molecular weight is 375 g/mol. The fourth-order valence-electron chi connectivity index (χ4n) is 2.78. The summed E-state index contributed by atoms with van der Waals surface area (Å²) < 4.78 is 19.8. The maximum Gasteiger partial charge on any atom is 0.363 e. The van der Waals surface area contributed by atoms with Crippen LogP contribution < -0.4 is 0 Å². The topological polar surface area (TPSA) is 73.6 Å². The summed E-state index contributed by atoms with van der Waals surface area (Å²) in [5.41, 5.74) is 2.26. The Kier molecular flexibility index (Phi) is 4.41. The fourth-order valence-corrected chi connectivity index (χ4v) is 2.78. The van der Waals surface area contributed by atoms with E-state index in [2.05, 4.69) is 10.1 Å². The number of benzene rings is 2. The number of hydrogen-bond donors (Lipinski definition) is 0. The SMILES string of the molecule is CC(=O)n1cc(/C=C2\N=C(c3cccc(F)c3)OC2=O)c(-c2ccccc2)n1. The summed E-state index contributed by atoms with van der Waals surface area (Å²) in [6.07, 6.45) is 3.03. The molecule has 0 fully saturated rings. The van der Waals surface area contributed by atoms with E-state index in [4.69, 9.17) is 4.74 Å². The molecule has 0 bridgehead atoms. The van der Waals surface area contributed by atoms with Gasteiger partial charge < -0.3 is 4.74 Å². The molecule has 0 saturated carbocycles. The summed E-state index contributed by atoms with van der Waals surface area (Å²) in [7, 11) is 0. The van der Waals surface area contributed by atoms with Gasteiger partial charge in [0.15, 0.2) is 5.70 Å². The molecule has 1 aliphatic heterocycles. The van der Waals surface area contributed by atoms with Gasteiger partial charge in [-0.3, -0.25) is 4.79 Å². The van der Waals surface area contributed by atoms with Crippen LogP contribution in [0.15, 0.2) is 71.5 Å². The molecule has 1 aliphatic rings. The van der Waals surface area contributed by atoms with Crippen LogP contribution in [0.3, 0.4) is 0 Å². The molecule has 138 valence electrons. The second kappa shape index (κ2) is 7.03. The molecule has 0 aliphatic carbocycles. The highest BCUT2D eigenvalue weighted by molar-refractivity contribution is 6.13. The zero-order valence-electron chi connectivity index (χ0n) is 14.8. The smallest absolute Gasteiger partial charge is 0.363 e. The number of aromatic nitrogens is 2. The first-order valence-corrected chi connectivity index (χ1v) is 8.46. The third-order valence-corrected chi connectivity index (χ3v) is 4.10. The van der Waals surface area contributed by atoms with E-state index >= 15 is 0 Å². The minimum atomic E-state index is -0.658. The number of esters is 1. The van der Waals surface area contributed by atoms with E-state index in [9.17, 15) is 14.0 Å². The summed E-state index contributed by atoms with van der Waals surface area (Å²) in [6.45, 7) is 1.39. The first-order valence-electron chi connectivity index (χ1n) is 8.46. The molecule has 1 aromatic heterocycles. The van der Waals surface area contributed by atoms with Crippen LogP contribution in [0.2, 0.25) is 0 Å². The van der Waals surface area contributed by atoms with Gasteiger partial charge in [0, 0.05) is 29.8 Å². The largest absolute Gasteiger partial charge is 0.402 e. The summed E-state index contributed by atoms with van der Waals surface area (Å²) in [5.74, 6) is -1.35. The number of hydrogen-bond acceptors (Lipinski definition) is 5. The lowest BCUT2D eigenvalue weighted by Gasteiger charge is -1.98. The summed E-state index contributed by atoms with van der Waals surface area (Å²) >= 11 is 0. The third-order valence-electron chi connectivity index (χ3n) is 4.10. The predicted octanol–water partition coefficient (Wildman–Crippen LogP) is 3.69. The third kappa shape index (κ3) is 3.37. The van der Waals surface area contributed by atoms with Crippen LogP contribution in [-0.2, 0) is 9.53 Å². The van der Waals surface area contributed by atoms with Crippen molar-refractivity contribution in [3.63, 3.8) is 0 Å². The van der Waals surface area contributed by atoms with Gasteiger partial charge in [0.1, 0.15) is 11.5 Å². The minimum Gasteiger partial charge on any atom is -0.402 e. The molecule has 0 radical (unpaired) electrons. The lowest BCUT2D eigenvalue weighted by molar-refractivity contribution is -0.129. The summed E-state index contributed by atoms with van der Waals surface area (Å²) in [5, 5.41) is 4.31. The van der Waals surface area contributed by atoms with Crippen LogP contribution in [0.5, 0.6) is 0 Å². The van der Waals surface area contributed by atoms with Crippen LogP contribution in [0.4, 0.5) is 4.39 Å². The van der Waals surface area contributed by atoms with Crippen LogP contribution in [0.25, 0.3) is 17.3 Å². The van der Waals surface area contributed by atoms with Crippen molar-refractivity contribution in [2.24, 2.45) is 4.99 Å². The Labute approximate surface area is 159 Å². The van der Waals surface area contributed by atoms with Crippen molar-refractivity contribution >= 4 is 23.9 Å². The molecule has 6 nitrogen and oxygen atoms in total. The second-order valence-corrected chi connectivity index (χ2v) is 6.11. The number of nitrogens with zero attached hydrogens (tertiary/aromatic N) is 3. The Bertz CT molecular complexity index is 1150. The van der Waals surface area contributed by atoms with Crippen molar-refractivity contribution in [1.82, 2.24) is 9.78 Å². The predicted molar refractivity (Wildman–Crippen MR) is 101 cm³/mol. The minimum absolute atomic E-state index is 0.0240. The van der Waals surface area contributed by atoms with Crippen molar-refractivity contribution in [2.45, 2.75) is 6.92 Å². The van der Waals surface area contributed by atoms with Crippen molar-refractivity contribution in [3.05, 3.63) is 83.4 Å². The van der Waals surface area contributed by atoms with Gasteiger partial charge in [-0.25, -0.2) is 18.9 Å². The van der Waals surface area contributed by atoms with Gasteiger partial charge >= 0.3 is 5.97 Å². The number of ether oxygens (including phenoxy) is 1. The van der Waals surface area contributed by atoms with Gasteiger partial charge in [-0.2, -0.15) is 5.10 Å². The zero-order chi connectivity index (χ0) is 19.7. The van der Waals surface area contributed by atoms with E-state index < -0.39 is 11.8 Å². The molecular formula is C21H14FN3O3. The molecule has 0 saturated heterocycles.